The molecule has 0 saturated heterocycles. The molecule has 0 radical (unpaired) electrons. The summed E-state index contributed by atoms with van der Waals surface area (Å²) in [6.07, 6.45) is 0.400. The van der Waals surface area contributed by atoms with Gasteiger partial charge in [-0.05, 0) is 38.4 Å². The van der Waals surface area contributed by atoms with Crippen LogP contribution < -0.4 is 15.1 Å². The van der Waals surface area contributed by atoms with Gasteiger partial charge in [0, 0.05) is 48.7 Å². The minimum absolute atomic E-state index is 0.0542. The first kappa shape index (κ1) is 22.2. The summed E-state index contributed by atoms with van der Waals surface area (Å²) in [6.45, 7) is 1.32. The van der Waals surface area contributed by atoms with Gasteiger partial charge in [0.2, 0.25) is 5.91 Å². The molecule has 2 aromatic rings. The number of anilines is 2. The Balaban J connectivity index is 1.66. The number of rotatable bonds is 6. The minimum Gasteiger partial charge on any atom is -0.354 e. The highest BCUT2D eigenvalue weighted by atomic mass is 79.9. The van der Waals surface area contributed by atoms with Gasteiger partial charge in [-0.3, -0.25) is 14.4 Å². The van der Waals surface area contributed by atoms with Crippen molar-refractivity contribution in [2.45, 2.75) is 6.42 Å². The molecule has 4 rings (SSSR count). The lowest BCUT2D eigenvalue weighted by Gasteiger charge is -2.18. The van der Waals surface area contributed by atoms with Crippen LogP contribution in [0.4, 0.5) is 11.4 Å². The van der Waals surface area contributed by atoms with Gasteiger partial charge < -0.3 is 20.0 Å². The van der Waals surface area contributed by atoms with Gasteiger partial charge in [0.15, 0.2) is 0 Å². The van der Waals surface area contributed by atoms with Crippen LogP contribution in [0.2, 0.25) is 0 Å². The van der Waals surface area contributed by atoms with Gasteiger partial charge in [0.1, 0.15) is 0 Å². The molecule has 2 heterocycles. The average molecular weight is 497 g/mol. The normalized spacial score (nSPS) is 17.3. The maximum Gasteiger partial charge on any atom is 0.259 e. The molecular weight excluding hydrogens is 472 g/mol. The highest BCUT2D eigenvalue weighted by molar-refractivity contribution is 9.10. The molecule has 2 aliphatic heterocycles. The summed E-state index contributed by atoms with van der Waals surface area (Å²) < 4.78 is 0.827. The molecule has 8 heteroatoms. The molecule has 0 spiro atoms. The summed E-state index contributed by atoms with van der Waals surface area (Å²) in [5, 5.41) is 2.88. The molecule has 0 saturated carbocycles. The molecular formula is C24H25BrN4O3. The molecule has 0 unspecified atom stereocenters. The summed E-state index contributed by atoms with van der Waals surface area (Å²) in [6, 6.07) is 13.1. The number of nitrogens with zero attached hydrogens (tertiary/aromatic N) is 3. The van der Waals surface area contributed by atoms with Crippen molar-refractivity contribution in [3.05, 3.63) is 58.1 Å². The van der Waals surface area contributed by atoms with Gasteiger partial charge in [-0.25, -0.2) is 0 Å². The Morgan fingerprint density at radius 3 is 2.47 bits per heavy atom. The maximum atomic E-state index is 13.6. The standard InChI is InChI=1S/C24H25BrN4O3/c1-27(2)12-10-20(30)26-11-13-29-19-9-8-15(25)14-17(19)22(24(29)32)21-16-6-4-5-7-18(16)28(3)23(21)31/h4-9,14H,10-13H2,1-3H3,(H,26,30)/b22-21+. The van der Waals surface area contributed by atoms with Crippen molar-refractivity contribution in [2.75, 3.05) is 50.6 Å². The quantitative estimate of drug-likeness (QED) is 0.624. The molecule has 2 aromatic carbocycles. The number of para-hydroxylation sites is 1. The highest BCUT2D eigenvalue weighted by Gasteiger charge is 2.40. The molecule has 0 aliphatic carbocycles. The summed E-state index contributed by atoms with van der Waals surface area (Å²) >= 11 is 3.49. The van der Waals surface area contributed by atoms with Crippen molar-refractivity contribution in [3.63, 3.8) is 0 Å². The van der Waals surface area contributed by atoms with E-state index in [1.54, 1.807) is 16.8 Å². The number of nitrogens with one attached hydrogen (secondary N) is 1. The minimum atomic E-state index is -0.228. The van der Waals surface area contributed by atoms with Gasteiger partial charge in [-0.1, -0.05) is 34.1 Å². The van der Waals surface area contributed by atoms with Crippen molar-refractivity contribution in [1.82, 2.24) is 10.2 Å². The Kier molecular flexibility index (Phi) is 6.17. The molecule has 7 nitrogen and oxygen atoms in total. The number of hydrogen-bond acceptors (Lipinski definition) is 4. The zero-order valence-corrected chi connectivity index (χ0v) is 19.9. The van der Waals surface area contributed by atoms with Crippen LogP contribution in [0.25, 0.3) is 11.1 Å². The molecule has 0 aromatic heterocycles. The fourth-order valence-corrected chi connectivity index (χ4v) is 4.46. The fourth-order valence-electron chi connectivity index (χ4n) is 4.10. The van der Waals surface area contributed by atoms with E-state index in [2.05, 4.69) is 21.2 Å². The van der Waals surface area contributed by atoms with Crippen LogP contribution in [0, 0.1) is 0 Å². The molecule has 1 N–H and O–H groups in total. The first-order valence-electron chi connectivity index (χ1n) is 10.4. The fraction of sp³-hybridized carbons (Fsp3) is 0.292. The highest BCUT2D eigenvalue weighted by Crippen LogP contribution is 2.46. The molecule has 2 aliphatic rings. The second-order valence-electron chi connectivity index (χ2n) is 8.15. The maximum absolute atomic E-state index is 13.6. The van der Waals surface area contributed by atoms with Crippen LogP contribution in [0.3, 0.4) is 0 Å². The molecule has 166 valence electrons. The van der Waals surface area contributed by atoms with Crippen LogP contribution in [0.15, 0.2) is 46.9 Å². The van der Waals surface area contributed by atoms with Crippen LogP contribution in [0.5, 0.6) is 0 Å². The summed E-state index contributed by atoms with van der Waals surface area (Å²) in [4.78, 5) is 44.0. The number of hydrogen-bond donors (Lipinski definition) is 1. The number of carbonyl (C=O) groups excluding carboxylic acids is 3. The van der Waals surface area contributed by atoms with Gasteiger partial charge >= 0.3 is 0 Å². The van der Waals surface area contributed by atoms with Crippen molar-refractivity contribution in [3.8, 4) is 0 Å². The Bertz CT molecular complexity index is 1140. The van der Waals surface area contributed by atoms with E-state index in [0.717, 1.165) is 27.0 Å². The van der Waals surface area contributed by atoms with E-state index in [1.807, 2.05) is 61.5 Å². The van der Waals surface area contributed by atoms with Crippen molar-refractivity contribution in [1.29, 1.82) is 0 Å². The molecule has 0 atom stereocenters. The molecule has 0 bridgehead atoms. The lowest BCUT2D eigenvalue weighted by atomic mass is 9.96. The van der Waals surface area contributed by atoms with E-state index >= 15 is 0 Å². The Morgan fingerprint density at radius 2 is 1.72 bits per heavy atom. The predicted molar refractivity (Wildman–Crippen MR) is 129 cm³/mol. The number of halogens is 1. The van der Waals surface area contributed by atoms with Gasteiger partial charge in [-0.2, -0.15) is 0 Å². The largest absolute Gasteiger partial charge is 0.354 e. The third-order valence-corrected chi connectivity index (χ3v) is 6.22. The Morgan fingerprint density at radius 1 is 1.00 bits per heavy atom. The number of likely N-dealkylation sites (N-methyl/N-ethyl adjacent to an activating group) is 1. The average Bonchev–Trinajstić information content (AvgIpc) is 3.17. The van der Waals surface area contributed by atoms with E-state index in [-0.39, 0.29) is 17.7 Å². The van der Waals surface area contributed by atoms with Crippen molar-refractivity contribution < 1.29 is 14.4 Å². The summed E-state index contributed by atoms with van der Waals surface area (Å²) in [5.74, 6) is -0.477. The van der Waals surface area contributed by atoms with Gasteiger partial charge in [0.25, 0.3) is 11.8 Å². The number of amides is 3. The first-order chi connectivity index (χ1) is 15.3. The van der Waals surface area contributed by atoms with E-state index < -0.39 is 0 Å². The van der Waals surface area contributed by atoms with Crippen molar-refractivity contribution in [2.24, 2.45) is 0 Å². The van der Waals surface area contributed by atoms with Crippen LogP contribution in [-0.2, 0) is 14.4 Å². The summed E-state index contributed by atoms with van der Waals surface area (Å²) in [7, 11) is 5.55. The van der Waals surface area contributed by atoms with E-state index in [9.17, 15) is 14.4 Å². The predicted octanol–water partition coefficient (Wildman–Crippen LogP) is 2.75. The van der Waals surface area contributed by atoms with Crippen molar-refractivity contribution >= 4 is 56.2 Å². The Labute approximate surface area is 195 Å². The first-order valence-corrected chi connectivity index (χ1v) is 11.2. The zero-order chi connectivity index (χ0) is 23.0. The number of fused-ring (bicyclic) bond motifs is 2. The van der Waals surface area contributed by atoms with Gasteiger partial charge in [0.05, 0.1) is 22.5 Å². The topological polar surface area (TPSA) is 73.0 Å². The number of carbonyl (C=O) groups is 3. The van der Waals surface area contributed by atoms with Crippen LogP contribution in [0.1, 0.15) is 17.5 Å². The third-order valence-electron chi connectivity index (χ3n) is 5.72. The second kappa shape index (κ2) is 8.88. The lowest BCUT2D eigenvalue weighted by molar-refractivity contribution is -0.121. The van der Waals surface area contributed by atoms with E-state index in [4.69, 9.17) is 0 Å². The van der Waals surface area contributed by atoms with E-state index in [1.165, 1.54) is 0 Å². The second-order valence-corrected chi connectivity index (χ2v) is 9.07. The SMILES string of the molecule is CN(C)CCC(=O)NCCN1C(=O)/C(=C2/C(=O)N(C)c3ccccc32)c2cc(Br)ccc21. The van der Waals surface area contributed by atoms with Crippen LogP contribution >= 0.6 is 15.9 Å². The smallest absolute Gasteiger partial charge is 0.259 e. The lowest BCUT2D eigenvalue weighted by Crippen LogP contribution is -2.37. The molecule has 32 heavy (non-hydrogen) atoms. The van der Waals surface area contributed by atoms with E-state index in [0.29, 0.717) is 37.2 Å². The van der Waals surface area contributed by atoms with Gasteiger partial charge in [-0.15, -0.1) is 0 Å². The van der Waals surface area contributed by atoms with Crippen LogP contribution in [-0.4, -0.2) is 63.4 Å². The molecule has 3 amide bonds. The third kappa shape index (κ3) is 3.96. The molecule has 0 fully saturated rings. The number of benzene rings is 2. The Hall–Kier alpha value is -2.97. The zero-order valence-electron chi connectivity index (χ0n) is 18.3. The monoisotopic (exact) mass is 496 g/mol. The summed E-state index contributed by atoms with van der Waals surface area (Å²) in [5.41, 5.74) is 3.83.